The Labute approximate surface area is 234 Å². The highest BCUT2D eigenvalue weighted by atomic mass is 35.5. The molecule has 0 spiro atoms. The van der Waals surface area contributed by atoms with Crippen LogP contribution in [0.4, 0.5) is 11.4 Å². The molecule has 1 N–H and O–H groups in total. The van der Waals surface area contributed by atoms with Gasteiger partial charge in [0.2, 0.25) is 16.7 Å². The number of anilines is 2. The summed E-state index contributed by atoms with van der Waals surface area (Å²) in [5, 5.41) is 8.62. The third-order valence-corrected chi connectivity index (χ3v) is 8.03. The zero-order valence-electron chi connectivity index (χ0n) is 20.8. The van der Waals surface area contributed by atoms with Gasteiger partial charge in [-0.1, -0.05) is 65.4 Å². The molecule has 40 heavy (non-hydrogen) atoms. The molecule has 9 nitrogen and oxygen atoms in total. The van der Waals surface area contributed by atoms with Crippen LogP contribution in [-0.4, -0.2) is 33.0 Å². The summed E-state index contributed by atoms with van der Waals surface area (Å²) in [5.74, 6) is -0.0594. The number of carbonyl (C=O) groups excluding carboxylic acids is 2. The maximum atomic E-state index is 13.7. The Morgan fingerprint density at radius 1 is 1.05 bits per heavy atom. The third kappa shape index (κ3) is 3.80. The molecule has 3 aromatic carbocycles. The van der Waals surface area contributed by atoms with Gasteiger partial charge < -0.3 is 9.73 Å². The largest absolute Gasteiger partial charge is 0.452 e. The van der Waals surface area contributed by atoms with Crippen LogP contribution in [0, 0.1) is 6.92 Å². The first-order valence-corrected chi connectivity index (χ1v) is 13.5. The Morgan fingerprint density at radius 3 is 2.65 bits per heavy atom. The SMILES string of the molecule is Cc1c(-c2nc3s/c(=C4\C(=O)N(CC(=O)Nc5cccc(Cl)c5)c5ccccc54)c(=O)n3n2)oc2ccccc12. The summed E-state index contributed by atoms with van der Waals surface area (Å²) in [7, 11) is 0. The van der Waals surface area contributed by atoms with Crippen molar-refractivity contribution in [3.63, 3.8) is 0 Å². The number of fused-ring (bicyclic) bond motifs is 3. The minimum atomic E-state index is -0.462. The number of hydrogen-bond donors (Lipinski definition) is 1. The Kier molecular flexibility index (Phi) is 5.55. The van der Waals surface area contributed by atoms with Gasteiger partial charge in [0.25, 0.3) is 11.5 Å². The second-order valence-corrected chi connectivity index (χ2v) is 10.7. The van der Waals surface area contributed by atoms with Gasteiger partial charge in [-0.2, -0.15) is 9.50 Å². The fraction of sp³-hybridized carbons (Fsp3) is 0.0690. The third-order valence-electron chi connectivity index (χ3n) is 6.76. The van der Waals surface area contributed by atoms with E-state index in [0.29, 0.717) is 44.1 Å². The van der Waals surface area contributed by atoms with Gasteiger partial charge in [-0.25, -0.2) is 0 Å². The molecule has 2 amide bonds. The lowest BCUT2D eigenvalue weighted by molar-refractivity contribution is -0.118. The molecule has 0 saturated carbocycles. The molecule has 1 aliphatic rings. The van der Waals surface area contributed by atoms with E-state index in [4.69, 9.17) is 16.0 Å². The lowest BCUT2D eigenvalue weighted by atomic mass is 10.1. The number of rotatable bonds is 4. The first kappa shape index (κ1) is 24.3. The van der Waals surface area contributed by atoms with Gasteiger partial charge in [-0.15, -0.1) is 5.10 Å². The number of carbonyl (C=O) groups is 2. The molecule has 0 atom stereocenters. The van der Waals surface area contributed by atoms with E-state index in [1.54, 1.807) is 48.5 Å². The topological polar surface area (TPSA) is 110 Å². The Morgan fingerprint density at radius 2 is 1.85 bits per heavy atom. The predicted molar refractivity (Wildman–Crippen MR) is 154 cm³/mol. The number of aryl methyl sites for hydroxylation is 1. The molecular formula is C29H18ClN5O4S. The van der Waals surface area contributed by atoms with Gasteiger partial charge in [-0.3, -0.25) is 19.3 Å². The molecule has 3 aromatic heterocycles. The molecular weight excluding hydrogens is 550 g/mol. The molecule has 6 aromatic rings. The number of amides is 2. The van der Waals surface area contributed by atoms with Gasteiger partial charge in [0.15, 0.2) is 5.76 Å². The first-order chi connectivity index (χ1) is 19.4. The standard InChI is InChI=1S/C29H18ClN5O4S/c1-15-18-9-3-5-12-21(18)39-24(15)26-32-29-35(33-26)28(38)25(40-29)23-19-10-2-4-11-20(19)34(27(23)37)14-22(36)31-17-8-6-7-16(30)13-17/h2-13H,14H2,1H3,(H,31,36)/b25-23-. The minimum absolute atomic E-state index is 0.207. The molecule has 0 radical (unpaired) electrons. The molecule has 0 bridgehead atoms. The summed E-state index contributed by atoms with van der Waals surface area (Å²) >= 11 is 7.10. The van der Waals surface area contributed by atoms with E-state index in [1.807, 2.05) is 31.2 Å². The minimum Gasteiger partial charge on any atom is -0.452 e. The molecule has 0 aliphatic carbocycles. The number of halogens is 1. The average molecular weight is 568 g/mol. The van der Waals surface area contributed by atoms with Crippen molar-refractivity contribution in [3.05, 3.63) is 104 Å². The first-order valence-electron chi connectivity index (χ1n) is 12.3. The molecule has 11 heteroatoms. The predicted octanol–water partition coefficient (Wildman–Crippen LogP) is 4.43. The lowest BCUT2D eigenvalue weighted by Gasteiger charge is -2.16. The molecule has 0 unspecified atom stereocenters. The number of thiazole rings is 1. The second-order valence-electron chi connectivity index (χ2n) is 9.26. The highest BCUT2D eigenvalue weighted by Gasteiger charge is 2.35. The zero-order chi connectivity index (χ0) is 27.5. The van der Waals surface area contributed by atoms with Crippen molar-refractivity contribution >= 4 is 67.6 Å². The van der Waals surface area contributed by atoms with E-state index in [9.17, 15) is 14.4 Å². The van der Waals surface area contributed by atoms with Crippen LogP contribution in [0.1, 0.15) is 11.1 Å². The number of benzene rings is 3. The van der Waals surface area contributed by atoms with Crippen LogP contribution in [-0.2, 0) is 9.59 Å². The van der Waals surface area contributed by atoms with Crippen LogP contribution >= 0.6 is 22.9 Å². The Balaban J connectivity index is 1.28. The fourth-order valence-electron chi connectivity index (χ4n) is 4.94. The molecule has 0 saturated heterocycles. The van der Waals surface area contributed by atoms with Crippen molar-refractivity contribution in [3.8, 4) is 11.6 Å². The molecule has 4 heterocycles. The highest BCUT2D eigenvalue weighted by molar-refractivity contribution is 7.15. The van der Waals surface area contributed by atoms with Crippen LogP contribution in [0.2, 0.25) is 5.02 Å². The van der Waals surface area contributed by atoms with Gasteiger partial charge >= 0.3 is 0 Å². The summed E-state index contributed by atoms with van der Waals surface area (Å²) in [4.78, 5) is 46.3. The Hall–Kier alpha value is -4.80. The number of hydrogen-bond acceptors (Lipinski definition) is 7. The van der Waals surface area contributed by atoms with Crippen molar-refractivity contribution in [1.82, 2.24) is 14.6 Å². The van der Waals surface area contributed by atoms with Crippen molar-refractivity contribution in [2.75, 3.05) is 16.8 Å². The smallest absolute Gasteiger partial charge is 0.291 e. The normalized spacial score (nSPS) is 14.3. The van der Waals surface area contributed by atoms with E-state index in [0.717, 1.165) is 22.3 Å². The monoisotopic (exact) mass is 567 g/mol. The van der Waals surface area contributed by atoms with Crippen LogP contribution in [0.3, 0.4) is 0 Å². The average Bonchev–Trinajstić information content (AvgIpc) is 3.66. The summed E-state index contributed by atoms with van der Waals surface area (Å²) in [6, 6.07) is 21.4. The molecule has 1 aliphatic heterocycles. The molecule has 196 valence electrons. The summed E-state index contributed by atoms with van der Waals surface area (Å²) in [6.45, 7) is 1.68. The maximum absolute atomic E-state index is 13.7. The fourth-order valence-corrected chi connectivity index (χ4v) is 6.12. The number of nitrogens with one attached hydrogen (secondary N) is 1. The van der Waals surface area contributed by atoms with E-state index in [2.05, 4.69) is 15.4 Å². The van der Waals surface area contributed by atoms with Crippen LogP contribution in [0.15, 0.2) is 82.0 Å². The number of furan rings is 1. The second kappa shape index (κ2) is 9.15. The zero-order valence-corrected chi connectivity index (χ0v) is 22.4. The quantitative estimate of drug-likeness (QED) is 0.337. The van der Waals surface area contributed by atoms with Gasteiger partial charge in [0.1, 0.15) is 16.7 Å². The van der Waals surface area contributed by atoms with Crippen LogP contribution in [0.5, 0.6) is 0 Å². The number of aromatic nitrogens is 3. The van der Waals surface area contributed by atoms with Crippen molar-refractivity contribution in [2.24, 2.45) is 0 Å². The van der Waals surface area contributed by atoms with E-state index < -0.39 is 17.4 Å². The Bertz CT molecular complexity index is 2130. The van der Waals surface area contributed by atoms with Crippen molar-refractivity contribution in [2.45, 2.75) is 6.92 Å². The lowest BCUT2D eigenvalue weighted by Crippen LogP contribution is -2.37. The van der Waals surface area contributed by atoms with Crippen LogP contribution < -0.4 is 20.3 Å². The molecule has 0 fully saturated rings. The van der Waals surface area contributed by atoms with E-state index in [-0.39, 0.29) is 16.7 Å². The summed E-state index contributed by atoms with van der Waals surface area (Å²) < 4.78 is 7.37. The highest BCUT2D eigenvalue weighted by Crippen LogP contribution is 2.35. The van der Waals surface area contributed by atoms with Gasteiger partial charge in [-0.05, 0) is 37.3 Å². The maximum Gasteiger partial charge on any atom is 0.291 e. The van der Waals surface area contributed by atoms with Crippen molar-refractivity contribution < 1.29 is 14.0 Å². The van der Waals surface area contributed by atoms with E-state index in [1.165, 1.54) is 9.42 Å². The summed E-state index contributed by atoms with van der Waals surface area (Å²) in [5.41, 5.74) is 2.97. The number of para-hydroxylation sites is 2. The van der Waals surface area contributed by atoms with E-state index >= 15 is 0 Å². The van der Waals surface area contributed by atoms with Gasteiger partial charge in [0, 0.05) is 27.2 Å². The summed E-state index contributed by atoms with van der Waals surface area (Å²) in [6.07, 6.45) is 0. The molecule has 7 rings (SSSR count). The van der Waals surface area contributed by atoms with Crippen LogP contribution in [0.25, 0.3) is 33.1 Å². The number of nitrogens with zero attached hydrogens (tertiary/aromatic N) is 4. The van der Waals surface area contributed by atoms with Gasteiger partial charge in [0.05, 0.1) is 11.3 Å². The van der Waals surface area contributed by atoms with Crippen molar-refractivity contribution in [1.29, 1.82) is 0 Å².